The van der Waals surface area contributed by atoms with Crippen molar-refractivity contribution in [2.24, 2.45) is 0 Å². The van der Waals surface area contributed by atoms with Gasteiger partial charge in [0.15, 0.2) is 16.7 Å². The molecule has 0 saturated carbocycles. The Morgan fingerprint density at radius 2 is 2.10 bits per heavy atom. The van der Waals surface area contributed by atoms with Crippen LogP contribution < -0.4 is 10.6 Å². The van der Waals surface area contributed by atoms with Crippen LogP contribution in [0.1, 0.15) is 25.5 Å². The van der Waals surface area contributed by atoms with Gasteiger partial charge in [0.25, 0.3) is 0 Å². The fourth-order valence-corrected chi connectivity index (χ4v) is 2.39. The smallest absolute Gasteiger partial charge is 0.338 e. The molecule has 0 fully saturated rings. The lowest BCUT2D eigenvalue weighted by Gasteiger charge is -2.29. The summed E-state index contributed by atoms with van der Waals surface area (Å²) in [6, 6.07) is 2.76. The summed E-state index contributed by atoms with van der Waals surface area (Å²) in [6.07, 6.45) is 0. The van der Waals surface area contributed by atoms with Crippen LogP contribution in [-0.4, -0.2) is 17.7 Å². The average molecular weight is 312 g/mol. The maximum absolute atomic E-state index is 13.4. The Bertz CT molecular complexity index is 631. The second-order valence-corrected chi connectivity index (χ2v) is 4.87. The zero-order valence-electron chi connectivity index (χ0n) is 11.5. The maximum atomic E-state index is 13.4. The molecule has 0 spiro atoms. The first-order chi connectivity index (χ1) is 9.93. The van der Waals surface area contributed by atoms with E-state index in [9.17, 15) is 13.6 Å². The highest BCUT2D eigenvalue weighted by Gasteiger charge is 2.31. The molecular formula is C14H14F2N2O2S. The van der Waals surface area contributed by atoms with Crippen LogP contribution in [0.4, 0.5) is 8.78 Å². The summed E-state index contributed by atoms with van der Waals surface area (Å²) in [7, 11) is 0. The van der Waals surface area contributed by atoms with Crippen molar-refractivity contribution in [3.8, 4) is 0 Å². The van der Waals surface area contributed by atoms with Gasteiger partial charge in [-0.15, -0.1) is 0 Å². The molecule has 0 bridgehead atoms. The van der Waals surface area contributed by atoms with E-state index in [1.54, 1.807) is 13.8 Å². The van der Waals surface area contributed by atoms with Gasteiger partial charge in [-0.05, 0) is 43.8 Å². The van der Waals surface area contributed by atoms with Crippen molar-refractivity contribution in [1.82, 2.24) is 10.6 Å². The Morgan fingerprint density at radius 1 is 1.38 bits per heavy atom. The van der Waals surface area contributed by atoms with Crippen molar-refractivity contribution in [1.29, 1.82) is 0 Å². The summed E-state index contributed by atoms with van der Waals surface area (Å²) < 4.78 is 31.5. The van der Waals surface area contributed by atoms with Gasteiger partial charge in [-0.25, -0.2) is 13.6 Å². The number of carbonyl (C=O) groups excluding carboxylic acids is 1. The summed E-state index contributed by atoms with van der Waals surface area (Å²) in [4.78, 5) is 12.1. The van der Waals surface area contributed by atoms with Gasteiger partial charge in [-0.2, -0.15) is 0 Å². The largest absolute Gasteiger partial charge is 0.463 e. The van der Waals surface area contributed by atoms with Crippen LogP contribution in [0.5, 0.6) is 0 Å². The molecule has 0 amide bonds. The molecule has 0 aliphatic carbocycles. The third-order valence-corrected chi connectivity index (χ3v) is 3.26. The monoisotopic (exact) mass is 312 g/mol. The summed E-state index contributed by atoms with van der Waals surface area (Å²) in [5, 5.41) is 6.00. The van der Waals surface area contributed by atoms with Crippen molar-refractivity contribution >= 4 is 23.3 Å². The highest BCUT2D eigenvalue weighted by molar-refractivity contribution is 7.80. The number of allylic oxidation sites excluding steroid dienone is 1. The van der Waals surface area contributed by atoms with E-state index in [4.69, 9.17) is 17.0 Å². The van der Waals surface area contributed by atoms with Crippen LogP contribution >= 0.6 is 12.2 Å². The van der Waals surface area contributed by atoms with Gasteiger partial charge in [-0.1, -0.05) is 6.07 Å². The third-order valence-electron chi connectivity index (χ3n) is 3.04. The zero-order valence-corrected chi connectivity index (χ0v) is 12.3. The van der Waals surface area contributed by atoms with E-state index in [0.29, 0.717) is 16.4 Å². The minimum absolute atomic E-state index is 0.213. The Kier molecular flexibility index (Phi) is 4.52. The number of ether oxygens (including phenoxy) is 1. The third kappa shape index (κ3) is 3.18. The predicted molar refractivity (Wildman–Crippen MR) is 77.3 cm³/mol. The molecule has 1 aliphatic heterocycles. The Labute approximate surface area is 126 Å². The molecule has 7 heteroatoms. The average Bonchev–Trinajstić information content (AvgIpc) is 2.41. The highest BCUT2D eigenvalue weighted by atomic mass is 32.1. The minimum Gasteiger partial charge on any atom is -0.463 e. The molecule has 1 atom stereocenters. The lowest BCUT2D eigenvalue weighted by Crippen LogP contribution is -2.45. The van der Waals surface area contributed by atoms with Gasteiger partial charge in [0.1, 0.15) is 0 Å². The van der Waals surface area contributed by atoms with Crippen molar-refractivity contribution < 1.29 is 18.3 Å². The standard InChI is InChI=1S/C14H14F2N2O2S/c1-3-20-13(19)11-7(2)17-14(21)18-12(11)8-4-5-9(15)10(16)6-8/h4-6,12H,3H2,1-2H3,(H2,17,18,21)/t12-/m0/s1. The zero-order chi connectivity index (χ0) is 15.6. The molecule has 0 radical (unpaired) electrons. The van der Waals surface area contributed by atoms with E-state index in [1.807, 2.05) is 0 Å². The van der Waals surface area contributed by atoms with Gasteiger partial charge in [0.2, 0.25) is 0 Å². The van der Waals surface area contributed by atoms with Gasteiger partial charge >= 0.3 is 5.97 Å². The Hall–Kier alpha value is -2.02. The number of nitrogens with one attached hydrogen (secondary N) is 2. The number of thiocarbonyl (C=S) groups is 1. The molecule has 0 unspecified atom stereocenters. The van der Waals surface area contributed by atoms with E-state index in [-0.39, 0.29) is 12.2 Å². The fraction of sp³-hybridized carbons (Fsp3) is 0.286. The second-order valence-electron chi connectivity index (χ2n) is 4.46. The first kappa shape index (κ1) is 15.4. The topological polar surface area (TPSA) is 50.4 Å². The van der Waals surface area contributed by atoms with Crippen molar-refractivity contribution in [2.45, 2.75) is 19.9 Å². The molecule has 2 rings (SSSR count). The van der Waals surface area contributed by atoms with E-state index >= 15 is 0 Å². The van der Waals surface area contributed by atoms with E-state index in [2.05, 4.69) is 10.6 Å². The summed E-state index contributed by atoms with van der Waals surface area (Å²) in [5.74, 6) is -2.47. The van der Waals surface area contributed by atoms with Crippen molar-refractivity contribution in [2.75, 3.05) is 6.61 Å². The number of carbonyl (C=O) groups is 1. The predicted octanol–water partition coefficient (Wildman–Crippen LogP) is 2.32. The van der Waals surface area contributed by atoms with Crippen LogP contribution in [-0.2, 0) is 9.53 Å². The quantitative estimate of drug-likeness (QED) is 0.663. The summed E-state index contributed by atoms with van der Waals surface area (Å²) in [6.45, 7) is 3.57. The number of rotatable bonds is 3. The molecule has 2 N–H and O–H groups in total. The SMILES string of the molecule is CCOC(=O)C1=C(C)NC(=S)N[C@H]1c1ccc(F)c(F)c1. The summed E-state index contributed by atoms with van der Waals surface area (Å²) in [5.41, 5.74) is 1.20. The van der Waals surface area contributed by atoms with Crippen LogP contribution in [0, 0.1) is 11.6 Å². The van der Waals surface area contributed by atoms with Crippen LogP contribution in [0.15, 0.2) is 29.5 Å². The first-order valence-electron chi connectivity index (χ1n) is 6.34. The van der Waals surface area contributed by atoms with E-state index < -0.39 is 23.6 Å². The maximum Gasteiger partial charge on any atom is 0.338 e. The summed E-state index contributed by atoms with van der Waals surface area (Å²) >= 11 is 5.05. The molecule has 0 aromatic heterocycles. The Balaban J connectivity index is 2.46. The first-order valence-corrected chi connectivity index (χ1v) is 6.75. The van der Waals surface area contributed by atoms with Gasteiger partial charge < -0.3 is 15.4 Å². The molecule has 21 heavy (non-hydrogen) atoms. The van der Waals surface area contributed by atoms with Gasteiger partial charge in [0, 0.05) is 5.70 Å². The number of benzene rings is 1. The van der Waals surface area contributed by atoms with E-state index in [1.165, 1.54) is 6.07 Å². The van der Waals surface area contributed by atoms with E-state index in [0.717, 1.165) is 12.1 Å². The van der Waals surface area contributed by atoms with Gasteiger partial charge in [-0.3, -0.25) is 0 Å². The normalized spacial score (nSPS) is 18.1. The van der Waals surface area contributed by atoms with Gasteiger partial charge in [0.05, 0.1) is 18.2 Å². The number of hydrogen-bond donors (Lipinski definition) is 2. The second kappa shape index (κ2) is 6.17. The fourth-order valence-electron chi connectivity index (χ4n) is 2.12. The molecule has 0 saturated heterocycles. The number of esters is 1. The number of hydrogen-bond acceptors (Lipinski definition) is 3. The van der Waals surface area contributed by atoms with Crippen LogP contribution in [0.25, 0.3) is 0 Å². The molecule has 112 valence electrons. The molecule has 4 nitrogen and oxygen atoms in total. The molecule has 1 aliphatic rings. The molecule has 1 heterocycles. The number of halogens is 2. The highest BCUT2D eigenvalue weighted by Crippen LogP contribution is 2.28. The minimum atomic E-state index is -0.986. The lowest BCUT2D eigenvalue weighted by atomic mass is 9.95. The molecule has 1 aromatic rings. The molecular weight excluding hydrogens is 298 g/mol. The molecule has 1 aromatic carbocycles. The Morgan fingerprint density at radius 3 is 2.71 bits per heavy atom. The van der Waals surface area contributed by atoms with Crippen LogP contribution in [0.3, 0.4) is 0 Å². The lowest BCUT2D eigenvalue weighted by molar-refractivity contribution is -0.139. The van der Waals surface area contributed by atoms with Crippen molar-refractivity contribution in [3.05, 3.63) is 46.7 Å². The van der Waals surface area contributed by atoms with Crippen molar-refractivity contribution in [3.63, 3.8) is 0 Å². The van der Waals surface area contributed by atoms with Crippen LogP contribution in [0.2, 0.25) is 0 Å².